The molecule has 2 aromatic carbocycles. The number of hydrogen-bond acceptors (Lipinski definition) is 4. The van der Waals surface area contributed by atoms with Crippen molar-refractivity contribution in [2.75, 3.05) is 37.1 Å². The number of nitrogens with zero attached hydrogens (tertiary/aromatic N) is 2. The van der Waals surface area contributed by atoms with Gasteiger partial charge in [0, 0.05) is 11.4 Å². The van der Waals surface area contributed by atoms with Crippen LogP contribution in [0.5, 0.6) is 0 Å². The molecule has 8 nitrogen and oxygen atoms in total. The van der Waals surface area contributed by atoms with Crippen LogP contribution in [0, 0.1) is 0 Å². The normalized spacial score (nSPS) is 24.7. The van der Waals surface area contributed by atoms with Crippen LogP contribution in [0.1, 0.15) is 38.8 Å². The Morgan fingerprint density at radius 1 is 0.657 bits per heavy atom. The summed E-state index contributed by atoms with van der Waals surface area (Å²) < 4.78 is 11.0. The van der Waals surface area contributed by atoms with E-state index in [-0.39, 0.29) is 36.2 Å². The van der Waals surface area contributed by atoms with Gasteiger partial charge in [-0.15, -0.1) is 0 Å². The molecule has 8 heteroatoms. The summed E-state index contributed by atoms with van der Waals surface area (Å²) in [5.74, 6) is 0. The smallest absolute Gasteiger partial charge is 0.322 e. The Morgan fingerprint density at radius 2 is 0.971 bits per heavy atom. The standard InChI is InChI=1S/C27H36N4O4/c1-18-14-34-15-19(2)30(18)26(32)28-24-9-5-22(6-10-24)13-23-7-11-25(12-8-23)29-27(33)31-20(3)16-35-17-21(31)4/h5-12,18-21H,13-17H2,1-4H3,(H,28,32)(H,29,33)/t18-,19-,20-,21-/m1/s1. The van der Waals surface area contributed by atoms with Gasteiger partial charge in [-0.2, -0.15) is 0 Å². The first-order chi connectivity index (χ1) is 16.8. The zero-order valence-electron chi connectivity index (χ0n) is 21.0. The molecule has 2 N–H and O–H groups in total. The van der Waals surface area contributed by atoms with E-state index >= 15 is 0 Å². The second kappa shape index (κ2) is 11.1. The molecular formula is C27H36N4O4. The van der Waals surface area contributed by atoms with Gasteiger partial charge >= 0.3 is 12.1 Å². The van der Waals surface area contributed by atoms with Crippen molar-refractivity contribution in [1.82, 2.24) is 9.80 Å². The zero-order chi connectivity index (χ0) is 24.9. The number of carbonyl (C=O) groups excluding carboxylic acids is 2. The third kappa shape index (κ3) is 6.13. The molecule has 188 valence electrons. The number of morpholine rings is 2. The molecule has 0 unspecified atom stereocenters. The molecule has 0 radical (unpaired) electrons. The third-order valence-electron chi connectivity index (χ3n) is 6.62. The molecule has 0 aromatic heterocycles. The van der Waals surface area contributed by atoms with Crippen LogP contribution in [-0.4, -0.2) is 72.5 Å². The monoisotopic (exact) mass is 480 g/mol. The number of carbonyl (C=O) groups is 2. The molecule has 2 aliphatic heterocycles. The van der Waals surface area contributed by atoms with Gasteiger partial charge in [0.2, 0.25) is 0 Å². The molecule has 2 fully saturated rings. The lowest BCUT2D eigenvalue weighted by Crippen LogP contribution is -2.53. The van der Waals surface area contributed by atoms with Crippen molar-refractivity contribution < 1.29 is 19.1 Å². The summed E-state index contributed by atoms with van der Waals surface area (Å²) in [4.78, 5) is 29.2. The van der Waals surface area contributed by atoms with E-state index in [1.54, 1.807) is 0 Å². The Kier molecular flexibility index (Phi) is 7.93. The summed E-state index contributed by atoms with van der Waals surface area (Å²) in [6.45, 7) is 10.2. The maximum Gasteiger partial charge on any atom is 0.322 e. The van der Waals surface area contributed by atoms with E-state index in [0.717, 1.165) is 28.9 Å². The van der Waals surface area contributed by atoms with Gasteiger partial charge in [-0.25, -0.2) is 9.59 Å². The van der Waals surface area contributed by atoms with Gasteiger partial charge < -0.3 is 29.9 Å². The topological polar surface area (TPSA) is 83.1 Å². The number of urea groups is 2. The number of hydrogen-bond donors (Lipinski definition) is 2. The van der Waals surface area contributed by atoms with Gasteiger partial charge in [-0.05, 0) is 69.5 Å². The average Bonchev–Trinajstić information content (AvgIpc) is 2.81. The van der Waals surface area contributed by atoms with Crippen molar-refractivity contribution in [3.8, 4) is 0 Å². The summed E-state index contributed by atoms with van der Waals surface area (Å²) in [5.41, 5.74) is 3.83. The molecule has 4 amide bonds. The van der Waals surface area contributed by atoms with Crippen LogP contribution >= 0.6 is 0 Å². The molecule has 4 rings (SSSR count). The highest BCUT2D eigenvalue weighted by Gasteiger charge is 2.30. The highest BCUT2D eigenvalue weighted by molar-refractivity contribution is 5.90. The predicted octanol–water partition coefficient (Wildman–Crippen LogP) is 4.56. The Morgan fingerprint density at radius 3 is 1.29 bits per heavy atom. The number of benzene rings is 2. The number of ether oxygens (including phenoxy) is 2. The number of nitrogens with one attached hydrogen (secondary N) is 2. The van der Waals surface area contributed by atoms with Crippen LogP contribution in [0.4, 0.5) is 21.0 Å². The number of amides is 4. The first-order valence-corrected chi connectivity index (χ1v) is 12.3. The zero-order valence-corrected chi connectivity index (χ0v) is 21.0. The van der Waals surface area contributed by atoms with Crippen LogP contribution in [0.3, 0.4) is 0 Å². The van der Waals surface area contributed by atoms with Gasteiger partial charge in [-0.1, -0.05) is 24.3 Å². The Labute approximate surface area is 207 Å². The molecule has 2 aliphatic rings. The summed E-state index contributed by atoms with van der Waals surface area (Å²) in [6.07, 6.45) is 0.761. The molecule has 4 atom stereocenters. The van der Waals surface area contributed by atoms with Crippen molar-refractivity contribution in [1.29, 1.82) is 0 Å². The molecule has 2 heterocycles. The lowest BCUT2D eigenvalue weighted by Gasteiger charge is -2.38. The third-order valence-corrected chi connectivity index (χ3v) is 6.62. The van der Waals surface area contributed by atoms with Crippen molar-refractivity contribution in [3.63, 3.8) is 0 Å². The van der Waals surface area contributed by atoms with Crippen LogP contribution in [0.2, 0.25) is 0 Å². The molecule has 0 bridgehead atoms. The van der Waals surface area contributed by atoms with Crippen molar-refractivity contribution in [2.45, 2.75) is 58.3 Å². The SMILES string of the molecule is C[C@@H]1COC[C@@H](C)N1C(=O)Nc1ccc(Cc2ccc(NC(=O)N3[C@H](C)COC[C@H]3C)cc2)cc1. The fourth-order valence-electron chi connectivity index (χ4n) is 4.83. The quantitative estimate of drug-likeness (QED) is 0.672. The van der Waals surface area contributed by atoms with Gasteiger partial charge in [0.25, 0.3) is 0 Å². The Hall–Kier alpha value is -3.10. The highest BCUT2D eigenvalue weighted by atomic mass is 16.5. The first-order valence-electron chi connectivity index (χ1n) is 12.3. The van der Waals surface area contributed by atoms with E-state index in [0.29, 0.717) is 26.4 Å². The number of rotatable bonds is 4. The fourth-order valence-corrected chi connectivity index (χ4v) is 4.83. The lowest BCUT2D eigenvalue weighted by molar-refractivity contribution is -0.0111. The van der Waals surface area contributed by atoms with Gasteiger partial charge in [0.15, 0.2) is 0 Å². The van der Waals surface area contributed by atoms with E-state index in [4.69, 9.17) is 9.47 Å². The van der Waals surface area contributed by atoms with Crippen molar-refractivity contribution in [3.05, 3.63) is 59.7 Å². The average molecular weight is 481 g/mol. The summed E-state index contributed by atoms with van der Waals surface area (Å²) in [7, 11) is 0. The molecule has 35 heavy (non-hydrogen) atoms. The van der Waals surface area contributed by atoms with Crippen LogP contribution in [0.25, 0.3) is 0 Å². The molecule has 0 saturated carbocycles. The maximum absolute atomic E-state index is 12.7. The maximum atomic E-state index is 12.7. The van der Waals surface area contributed by atoms with Crippen molar-refractivity contribution in [2.24, 2.45) is 0 Å². The van der Waals surface area contributed by atoms with E-state index in [2.05, 4.69) is 10.6 Å². The van der Waals surface area contributed by atoms with Crippen LogP contribution in [-0.2, 0) is 15.9 Å². The minimum absolute atomic E-state index is 0.0476. The molecular weight excluding hydrogens is 444 g/mol. The molecule has 2 saturated heterocycles. The molecule has 0 spiro atoms. The second-order valence-electron chi connectivity index (χ2n) is 9.72. The second-order valence-corrected chi connectivity index (χ2v) is 9.72. The minimum Gasteiger partial charge on any atom is -0.377 e. The van der Waals surface area contributed by atoms with Crippen molar-refractivity contribution >= 4 is 23.4 Å². The van der Waals surface area contributed by atoms with Crippen LogP contribution < -0.4 is 10.6 Å². The van der Waals surface area contributed by atoms with E-state index < -0.39 is 0 Å². The highest BCUT2D eigenvalue weighted by Crippen LogP contribution is 2.20. The molecule has 0 aliphatic carbocycles. The first kappa shape index (κ1) is 25.0. The fraction of sp³-hybridized carbons (Fsp3) is 0.481. The predicted molar refractivity (Wildman–Crippen MR) is 137 cm³/mol. The summed E-state index contributed by atoms with van der Waals surface area (Å²) in [6, 6.07) is 15.8. The summed E-state index contributed by atoms with van der Waals surface area (Å²) >= 11 is 0. The molecule has 2 aromatic rings. The summed E-state index contributed by atoms with van der Waals surface area (Å²) in [5, 5.41) is 6.00. The minimum atomic E-state index is -0.0976. The lowest BCUT2D eigenvalue weighted by atomic mass is 10.0. The largest absolute Gasteiger partial charge is 0.377 e. The van der Waals surface area contributed by atoms with E-state index in [1.165, 1.54) is 0 Å². The Bertz CT molecular complexity index is 909. The van der Waals surface area contributed by atoms with Gasteiger partial charge in [0.05, 0.1) is 50.6 Å². The van der Waals surface area contributed by atoms with Crippen LogP contribution in [0.15, 0.2) is 48.5 Å². The number of anilines is 2. The van der Waals surface area contributed by atoms with Gasteiger partial charge in [-0.3, -0.25) is 0 Å². The van der Waals surface area contributed by atoms with E-state index in [9.17, 15) is 9.59 Å². The Balaban J connectivity index is 1.31. The van der Waals surface area contributed by atoms with Gasteiger partial charge in [0.1, 0.15) is 0 Å². The van der Waals surface area contributed by atoms with E-state index in [1.807, 2.05) is 86.0 Å².